The third kappa shape index (κ3) is 2.96. The van der Waals surface area contributed by atoms with Crippen molar-refractivity contribution in [3.63, 3.8) is 0 Å². The minimum atomic E-state index is -1.23. The van der Waals surface area contributed by atoms with Crippen molar-refractivity contribution in [2.75, 3.05) is 48.9 Å². The Morgan fingerprint density at radius 3 is 1.86 bits per heavy atom. The van der Waals surface area contributed by atoms with Crippen LogP contribution in [0.4, 0.5) is 17.3 Å². The Balaban J connectivity index is 1.31. The topological polar surface area (TPSA) is 107 Å². The summed E-state index contributed by atoms with van der Waals surface area (Å²) >= 11 is 0. The van der Waals surface area contributed by atoms with Gasteiger partial charge in [-0.25, -0.2) is 14.9 Å². The van der Waals surface area contributed by atoms with Crippen molar-refractivity contribution in [2.45, 2.75) is 20.8 Å². The van der Waals surface area contributed by atoms with Gasteiger partial charge in [-0.3, -0.25) is 24.1 Å². The van der Waals surface area contributed by atoms with Gasteiger partial charge >= 0.3 is 0 Å². The highest BCUT2D eigenvalue weighted by Gasteiger charge is 2.85. The van der Waals surface area contributed by atoms with Crippen LogP contribution >= 0.6 is 0 Å². The maximum atomic E-state index is 13.5. The number of aryl methyl sites for hydroxylation is 1. The molecule has 10 nitrogen and oxygen atoms in total. The lowest BCUT2D eigenvalue weighted by molar-refractivity contribution is -0.179. The predicted molar refractivity (Wildman–Crippen MR) is 133 cm³/mol. The quantitative estimate of drug-likeness (QED) is 0.561. The molecule has 0 aromatic carbocycles. The summed E-state index contributed by atoms with van der Waals surface area (Å²) in [5.41, 5.74) is -0.969. The van der Waals surface area contributed by atoms with Crippen LogP contribution in [-0.2, 0) is 19.2 Å². The average molecular weight is 491 g/mol. The zero-order valence-corrected chi connectivity index (χ0v) is 21.3. The zero-order chi connectivity index (χ0) is 26.2. The van der Waals surface area contributed by atoms with Gasteiger partial charge in [-0.05, 0) is 44.5 Å². The lowest BCUT2D eigenvalue weighted by atomic mass is 9.41. The third-order valence-corrected chi connectivity index (χ3v) is 8.31. The van der Waals surface area contributed by atoms with E-state index in [9.17, 15) is 19.2 Å². The maximum Gasteiger partial charge on any atom is 0.241 e. The molecule has 4 heterocycles. The van der Waals surface area contributed by atoms with Gasteiger partial charge in [-0.2, -0.15) is 0 Å². The van der Waals surface area contributed by atoms with Gasteiger partial charge in [0.15, 0.2) is 0 Å². The van der Waals surface area contributed by atoms with Crippen molar-refractivity contribution in [1.82, 2.24) is 14.9 Å². The fraction of sp³-hybridized carbons (Fsp3) is 0.462. The largest absolute Gasteiger partial charge is 0.358 e. The highest BCUT2D eigenvalue weighted by molar-refractivity contribution is 6.30. The predicted octanol–water partition coefficient (Wildman–Crippen LogP) is 1.49. The van der Waals surface area contributed by atoms with E-state index in [1.807, 2.05) is 44.2 Å². The molecule has 4 atom stereocenters. The third-order valence-electron chi connectivity index (χ3n) is 8.31. The average Bonchev–Trinajstić information content (AvgIpc) is 3.12. The summed E-state index contributed by atoms with van der Waals surface area (Å²) in [5, 5.41) is 0. The first-order valence-electron chi connectivity index (χ1n) is 12.0. The van der Waals surface area contributed by atoms with Crippen LogP contribution in [-0.4, -0.2) is 72.7 Å². The SMILES string of the molecule is Cc1ccc(N(C)CCN(C)c2ccc(N3C(=O)C4[C@@]5(C)C(=O)N(C)C(=O)C5[C@]4(C)C3=O)cn2)nc1. The van der Waals surface area contributed by atoms with Crippen molar-refractivity contribution in [2.24, 2.45) is 22.7 Å². The molecular formula is C26H30N6O4. The molecule has 4 amide bonds. The number of likely N-dealkylation sites (tertiary alicyclic amines) is 1. The minimum Gasteiger partial charge on any atom is -0.358 e. The van der Waals surface area contributed by atoms with Gasteiger partial charge in [0.25, 0.3) is 0 Å². The molecule has 2 aliphatic heterocycles. The smallest absolute Gasteiger partial charge is 0.241 e. The van der Waals surface area contributed by atoms with Crippen LogP contribution in [0.5, 0.6) is 0 Å². The normalized spacial score (nSPS) is 28.8. The number of fused-ring (bicyclic) bond motifs is 4. The molecule has 0 N–H and O–H groups in total. The van der Waals surface area contributed by atoms with Gasteiger partial charge in [-0.1, -0.05) is 6.07 Å². The lowest BCUT2D eigenvalue weighted by Gasteiger charge is -2.53. The maximum absolute atomic E-state index is 13.5. The number of hydrogen-bond donors (Lipinski definition) is 0. The number of aromatic nitrogens is 2. The van der Waals surface area contributed by atoms with Gasteiger partial charge in [0.2, 0.25) is 23.6 Å². The number of pyridine rings is 2. The van der Waals surface area contributed by atoms with Gasteiger partial charge in [-0.15, -0.1) is 0 Å². The monoisotopic (exact) mass is 490 g/mol. The van der Waals surface area contributed by atoms with E-state index in [1.165, 1.54) is 13.2 Å². The van der Waals surface area contributed by atoms with Crippen LogP contribution in [0.1, 0.15) is 19.4 Å². The van der Waals surface area contributed by atoms with Gasteiger partial charge in [0, 0.05) is 40.4 Å². The van der Waals surface area contributed by atoms with Crippen LogP contribution in [0.3, 0.4) is 0 Å². The van der Waals surface area contributed by atoms with Crippen LogP contribution in [0, 0.1) is 29.6 Å². The molecule has 0 spiro atoms. The number of imide groups is 2. The second-order valence-electron chi connectivity index (χ2n) is 10.5. The van der Waals surface area contributed by atoms with Crippen LogP contribution in [0.25, 0.3) is 0 Å². The molecule has 2 aromatic heterocycles. The van der Waals surface area contributed by atoms with Gasteiger partial charge in [0.1, 0.15) is 11.6 Å². The second kappa shape index (κ2) is 7.84. The summed E-state index contributed by atoms with van der Waals surface area (Å²) in [7, 11) is 5.31. The number of nitrogens with zero attached hydrogens (tertiary/aromatic N) is 6. The van der Waals surface area contributed by atoms with E-state index >= 15 is 0 Å². The summed E-state index contributed by atoms with van der Waals surface area (Å²) in [4.78, 5) is 67.6. The highest BCUT2D eigenvalue weighted by Crippen LogP contribution is 2.71. The van der Waals surface area contributed by atoms with Crippen molar-refractivity contribution < 1.29 is 19.2 Å². The Labute approximate surface area is 209 Å². The molecule has 2 unspecified atom stereocenters. The Kier molecular flexibility index (Phi) is 5.21. The molecular weight excluding hydrogens is 460 g/mol. The second-order valence-corrected chi connectivity index (χ2v) is 10.5. The van der Waals surface area contributed by atoms with Crippen molar-refractivity contribution in [1.29, 1.82) is 0 Å². The fourth-order valence-corrected chi connectivity index (χ4v) is 6.32. The summed E-state index contributed by atoms with van der Waals surface area (Å²) < 4.78 is 0. The van der Waals surface area contributed by atoms with Gasteiger partial charge < -0.3 is 9.80 Å². The summed E-state index contributed by atoms with van der Waals surface area (Å²) in [5.74, 6) is -1.82. The molecule has 5 rings (SSSR count). The molecule has 0 bridgehead atoms. The summed E-state index contributed by atoms with van der Waals surface area (Å²) in [6, 6.07) is 7.44. The molecule has 188 valence electrons. The molecule has 2 saturated heterocycles. The van der Waals surface area contributed by atoms with E-state index in [0.29, 0.717) is 18.1 Å². The molecule has 1 aliphatic carbocycles. The van der Waals surface area contributed by atoms with E-state index < -0.39 is 46.3 Å². The molecule has 1 saturated carbocycles. The minimum absolute atomic E-state index is 0.341. The molecule has 10 heteroatoms. The Hall–Kier alpha value is -3.82. The Morgan fingerprint density at radius 2 is 1.33 bits per heavy atom. The highest BCUT2D eigenvalue weighted by atomic mass is 16.2. The van der Waals surface area contributed by atoms with E-state index in [2.05, 4.69) is 14.9 Å². The van der Waals surface area contributed by atoms with E-state index in [1.54, 1.807) is 26.0 Å². The molecule has 3 aliphatic rings. The zero-order valence-electron chi connectivity index (χ0n) is 21.3. The first kappa shape index (κ1) is 23.9. The molecule has 36 heavy (non-hydrogen) atoms. The number of hydrogen-bond acceptors (Lipinski definition) is 8. The van der Waals surface area contributed by atoms with E-state index in [0.717, 1.165) is 27.7 Å². The molecule has 2 aromatic rings. The number of carbonyl (C=O) groups excluding carboxylic acids is 4. The summed E-state index contributed by atoms with van der Waals surface area (Å²) in [6.07, 6.45) is 3.33. The van der Waals surface area contributed by atoms with Crippen LogP contribution < -0.4 is 14.7 Å². The first-order chi connectivity index (χ1) is 16.9. The summed E-state index contributed by atoms with van der Waals surface area (Å²) in [6.45, 7) is 6.65. The molecule has 0 radical (unpaired) electrons. The number of rotatable bonds is 6. The number of carbonyl (C=O) groups is 4. The van der Waals surface area contributed by atoms with Gasteiger partial charge in [0.05, 0.1) is 34.6 Å². The number of amides is 4. The standard InChI is InChI=1S/C26H30N6O4/c1-15-7-9-17(27-13-15)29(4)11-12-30(5)18-10-8-16(14-28-18)32-22(34)20-25(2)19(26(20,3)24(32)36)21(33)31(6)23(25)35/h7-10,13-14,19-20H,11-12H2,1-6H3/t19?,20?,25-,26-/m0/s1. The number of likely N-dealkylation sites (N-methyl/N-ethyl adjacent to an activating group) is 2. The Morgan fingerprint density at radius 1 is 0.806 bits per heavy atom. The van der Waals surface area contributed by atoms with Crippen LogP contribution in [0.15, 0.2) is 36.7 Å². The lowest BCUT2D eigenvalue weighted by Crippen LogP contribution is -2.65. The van der Waals surface area contributed by atoms with E-state index in [-0.39, 0.29) is 0 Å². The van der Waals surface area contributed by atoms with Crippen LogP contribution in [0.2, 0.25) is 0 Å². The fourth-order valence-electron chi connectivity index (χ4n) is 6.32. The number of anilines is 3. The van der Waals surface area contributed by atoms with Crippen molar-refractivity contribution in [3.05, 3.63) is 42.2 Å². The van der Waals surface area contributed by atoms with Crippen molar-refractivity contribution >= 4 is 41.0 Å². The molecule has 3 fully saturated rings. The van der Waals surface area contributed by atoms with E-state index in [4.69, 9.17) is 0 Å². The Bertz CT molecular complexity index is 1280. The first-order valence-corrected chi connectivity index (χ1v) is 12.0. The van der Waals surface area contributed by atoms with Crippen molar-refractivity contribution in [3.8, 4) is 0 Å².